The quantitative estimate of drug-likeness (QED) is 0.834. The Balaban J connectivity index is 1.65. The Bertz CT molecular complexity index is 733. The Morgan fingerprint density at radius 3 is 2.52 bits per heavy atom. The zero-order chi connectivity index (χ0) is 17.6. The summed E-state index contributed by atoms with van der Waals surface area (Å²) in [7, 11) is 0. The molecule has 130 valence electrons. The number of morpholine rings is 1. The van der Waals surface area contributed by atoms with Gasteiger partial charge in [0, 0.05) is 22.8 Å². The minimum absolute atomic E-state index is 0.0346. The molecule has 2 aromatic carbocycles. The lowest BCUT2D eigenvalue weighted by atomic mass is 10.1. The van der Waals surface area contributed by atoms with E-state index in [1.165, 1.54) is 9.80 Å². The van der Waals surface area contributed by atoms with Crippen molar-refractivity contribution in [3.63, 3.8) is 0 Å². The van der Waals surface area contributed by atoms with Gasteiger partial charge >= 0.3 is 5.97 Å². The van der Waals surface area contributed by atoms with Crippen molar-refractivity contribution >= 4 is 23.6 Å². The maximum absolute atomic E-state index is 12.6. The van der Waals surface area contributed by atoms with E-state index in [9.17, 15) is 14.7 Å². The predicted octanol–water partition coefficient (Wildman–Crippen LogP) is 2.90. The van der Waals surface area contributed by atoms with E-state index in [4.69, 9.17) is 4.74 Å². The number of carbonyl (C=O) groups is 2. The van der Waals surface area contributed by atoms with Crippen molar-refractivity contribution in [2.24, 2.45) is 0 Å². The third-order valence-corrected chi connectivity index (χ3v) is 5.11. The maximum atomic E-state index is 12.6. The van der Waals surface area contributed by atoms with Crippen molar-refractivity contribution in [3.8, 4) is 0 Å². The summed E-state index contributed by atoms with van der Waals surface area (Å²) >= 11 is 1.73. The number of hydrogen-bond acceptors (Lipinski definition) is 4. The molecule has 0 bridgehead atoms. The van der Waals surface area contributed by atoms with Crippen molar-refractivity contribution in [2.45, 2.75) is 16.7 Å². The molecule has 1 heterocycles. The molecule has 0 aromatic heterocycles. The minimum atomic E-state index is -1.04. The average Bonchev–Trinajstić information content (AvgIpc) is 2.67. The molecule has 1 aliphatic rings. The first-order valence-electron chi connectivity index (χ1n) is 8.03. The van der Waals surface area contributed by atoms with Crippen molar-refractivity contribution in [1.82, 2.24) is 4.90 Å². The van der Waals surface area contributed by atoms with Crippen LogP contribution in [0.1, 0.15) is 15.9 Å². The van der Waals surface area contributed by atoms with Crippen LogP contribution in [0.4, 0.5) is 0 Å². The van der Waals surface area contributed by atoms with Gasteiger partial charge in [0.1, 0.15) is 0 Å². The van der Waals surface area contributed by atoms with Gasteiger partial charge in [-0.3, -0.25) is 4.79 Å². The monoisotopic (exact) mass is 357 g/mol. The van der Waals surface area contributed by atoms with Crippen LogP contribution in [0.2, 0.25) is 0 Å². The third-order valence-electron chi connectivity index (χ3n) is 4.02. The number of aliphatic carboxylic acids is 1. The fourth-order valence-corrected chi connectivity index (χ4v) is 3.52. The first kappa shape index (κ1) is 17.5. The van der Waals surface area contributed by atoms with Gasteiger partial charge in [-0.2, -0.15) is 0 Å². The van der Waals surface area contributed by atoms with Gasteiger partial charge in [0.05, 0.1) is 13.2 Å². The molecule has 25 heavy (non-hydrogen) atoms. The molecule has 0 spiro atoms. The number of carboxylic acids is 1. The van der Waals surface area contributed by atoms with E-state index in [1.54, 1.807) is 23.9 Å². The first-order chi connectivity index (χ1) is 12.1. The Morgan fingerprint density at radius 1 is 1.12 bits per heavy atom. The smallest absolute Gasteiger partial charge is 0.328 e. The number of hydrogen-bond donors (Lipinski definition) is 1. The molecule has 1 amide bonds. The van der Waals surface area contributed by atoms with E-state index in [1.807, 2.05) is 30.3 Å². The van der Waals surface area contributed by atoms with Gasteiger partial charge in [0.15, 0.2) is 6.04 Å². The first-order valence-corrected chi connectivity index (χ1v) is 9.02. The van der Waals surface area contributed by atoms with Crippen LogP contribution < -0.4 is 0 Å². The van der Waals surface area contributed by atoms with Crippen LogP contribution in [0.5, 0.6) is 0 Å². The molecule has 6 heteroatoms. The van der Waals surface area contributed by atoms with Crippen LogP contribution in [0.25, 0.3) is 0 Å². The highest BCUT2D eigenvalue weighted by atomic mass is 32.2. The summed E-state index contributed by atoms with van der Waals surface area (Å²) in [5.41, 5.74) is 1.61. The number of nitrogens with zero attached hydrogens (tertiary/aromatic N) is 1. The average molecular weight is 357 g/mol. The van der Waals surface area contributed by atoms with Gasteiger partial charge in [0.2, 0.25) is 0 Å². The molecule has 0 radical (unpaired) electrons. The molecule has 2 aromatic rings. The van der Waals surface area contributed by atoms with Crippen LogP contribution in [-0.2, 0) is 15.3 Å². The molecule has 3 rings (SSSR count). The molecular weight excluding hydrogens is 338 g/mol. The number of benzene rings is 2. The van der Waals surface area contributed by atoms with Crippen LogP contribution in [0.15, 0.2) is 59.5 Å². The molecule has 1 fully saturated rings. The lowest BCUT2D eigenvalue weighted by Gasteiger charge is -2.32. The summed E-state index contributed by atoms with van der Waals surface area (Å²) in [6.07, 6.45) is 0. The third kappa shape index (κ3) is 4.41. The Labute approximate surface area is 150 Å². The van der Waals surface area contributed by atoms with E-state index in [2.05, 4.69) is 12.1 Å². The SMILES string of the molecule is O=C(O)C1COCCN1C(=O)c1ccc(CSc2ccccc2)cc1. The maximum Gasteiger partial charge on any atom is 0.328 e. The van der Waals surface area contributed by atoms with E-state index >= 15 is 0 Å². The van der Waals surface area contributed by atoms with Crippen LogP contribution in [-0.4, -0.2) is 47.7 Å². The minimum Gasteiger partial charge on any atom is -0.480 e. The number of carbonyl (C=O) groups excluding carboxylic acids is 1. The van der Waals surface area contributed by atoms with Crippen molar-refractivity contribution in [1.29, 1.82) is 0 Å². The molecule has 0 saturated carbocycles. The van der Waals surface area contributed by atoms with Crippen LogP contribution in [0.3, 0.4) is 0 Å². The van der Waals surface area contributed by atoms with Gasteiger partial charge in [-0.05, 0) is 29.8 Å². The van der Waals surface area contributed by atoms with Gasteiger partial charge in [-0.25, -0.2) is 4.79 Å². The van der Waals surface area contributed by atoms with Crippen LogP contribution >= 0.6 is 11.8 Å². The van der Waals surface area contributed by atoms with Crippen molar-refractivity contribution in [3.05, 3.63) is 65.7 Å². The molecule has 1 saturated heterocycles. The summed E-state index contributed by atoms with van der Waals surface area (Å²) in [6, 6.07) is 16.6. The molecular formula is C19H19NO4S. The second-order valence-electron chi connectivity index (χ2n) is 5.73. The summed E-state index contributed by atoms with van der Waals surface area (Å²) in [4.78, 5) is 26.5. The lowest BCUT2D eigenvalue weighted by Crippen LogP contribution is -2.52. The Hall–Kier alpha value is -2.31. The normalized spacial score (nSPS) is 17.3. The highest BCUT2D eigenvalue weighted by Gasteiger charge is 2.33. The Morgan fingerprint density at radius 2 is 1.84 bits per heavy atom. The largest absolute Gasteiger partial charge is 0.480 e. The van der Waals surface area contributed by atoms with E-state index in [0.29, 0.717) is 18.7 Å². The molecule has 5 nitrogen and oxygen atoms in total. The van der Waals surface area contributed by atoms with E-state index in [0.717, 1.165) is 11.3 Å². The fraction of sp³-hybridized carbons (Fsp3) is 0.263. The molecule has 1 aliphatic heterocycles. The second kappa shape index (κ2) is 8.18. The second-order valence-corrected chi connectivity index (χ2v) is 6.77. The standard InChI is InChI=1S/C19H19NO4S/c21-18(20-10-11-24-12-17(20)19(22)23)15-8-6-14(7-9-15)13-25-16-4-2-1-3-5-16/h1-9,17H,10-13H2,(H,22,23). The van der Waals surface area contributed by atoms with Crippen molar-refractivity contribution in [2.75, 3.05) is 19.8 Å². The molecule has 0 aliphatic carbocycles. The molecule has 1 N–H and O–H groups in total. The zero-order valence-electron chi connectivity index (χ0n) is 13.6. The number of amides is 1. The van der Waals surface area contributed by atoms with Gasteiger partial charge in [0.25, 0.3) is 5.91 Å². The predicted molar refractivity (Wildman–Crippen MR) is 95.7 cm³/mol. The molecule has 1 atom stereocenters. The number of carboxylic acid groups (broad SMARTS) is 1. The summed E-state index contributed by atoms with van der Waals surface area (Å²) in [6.45, 7) is 0.690. The van der Waals surface area contributed by atoms with Gasteiger partial charge in [-0.1, -0.05) is 30.3 Å². The number of ether oxygens (including phenoxy) is 1. The Kier molecular flexibility index (Phi) is 5.73. The van der Waals surface area contributed by atoms with E-state index < -0.39 is 12.0 Å². The number of rotatable bonds is 5. The highest BCUT2D eigenvalue weighted by Crippen LogP contribution is 2.23. The molecule has 1 unspecified atom stereocenters. The van der Waals surface area contributed by atoms with Crippen LogP contribution in [0, 0.1) is 0 Å². The topological polar surface area (TPSA) is 66.8 Å². The highest BCUT2D eigenvalue weighted by molar-refractivity contribution is 7.98. The van der Waals surface area contributed by atoms with E-state index in [-0.39, 0.29) is 12.5 Å². The fourth-order valence-electron chi connectivity index (χ4n) is 2.64. The lowest BCUT2D eigenvalue weighted by molar-refractivity contribution is -0.147. The summed E-state index contributed by atoms with van der Waals surface area (Å²) in [5, 5.41) is 9.25. The van der Waals surface area contributed by atoms with Gasteiger partial charge < -0.3 is 14.7 Å². The van der Waals surface area contributed by atoms with Crippen molar-refractivity contribution < 1.29 is 19.4 Å². The summed E-state index contributed by atoms with van der Waals surface area (Å²) < 4.78 is 5.18. The number of thioether (sulfide) groups is 1. The van der Waals surface area contributed by atoms with Gasteiger partial charge in [-0.15, -0.1) is 11.8 Å². The zero-order valence-corrected chi connectivity index (χ0v) is 14.4. The summed E-state index contributed by atoms with van der Waals surface area (Å²) in [5.74, 6) is -0.491.